The van der Waals surface area contributed by atoms with Crippen molar-refractivity contribution >= 4 is 27.5 Å². The van der Waals surface area contributed by atoms with Gasteiger partial charge >= 0.3 is 0 Å². The molecule has 0 spiro atoms. The third-order valence-corrected chi connectivity index (χ3v) is 6.14. The fourth-order valence-electron chi connectivity index (χ4n) is 2.46. The predicted molar refractivity (Wildman–Crippen MR) is 80.7 cm³/mol. The van der Waals surface area contributed by atoms with E-state index in [1.54, 1.807) is 30.0 Å². The molecule has 0 bridgehead atoms. The fraction of sp³-hybridized carbons (Fsp3) is 0.538. The van der Waals surface area contributed by atoms with Gasteiger partial charge in [0.05, 0.1) is 4.90 Å². The molecule has 0 heterocycles. The average molecular weight is 300 g/mol. The van der Waals surface area contributed by atoms with Crippen LogP contribution in [0.25, 0.3) is 0 Å². The second-order valence-corrected chi connectivity index (χ2v) is 7.65. The summed E-state index contributed by atoms with van der Waals surface area (Å²) in [6, 6.07) is 6.45. The summed E-state index contributed by atoms with van der Waals surface area (Å²) in [5.74, 6) is 0. The SMILES string of the molecule is CSC1CCCCC1NS(=O)(=O)c1cccc(N)c1. The summed E-state index contributed by atoms with van der Waals surface area (Å²) in [5, 5.41) is 0.365. The predicted octanol–water partition coefficient (Wildman–Crippen LogP) is 2.22. The molecular weight excluding hydrogens is 280 g/mol. The average Bonchev–Trinajstić information content (AvgIpc) is 2.39. The van der Waals surface area contributed by atoms with Crippen LogP contribution >= 0.6 is 11.8 Å². The number of nitrogens with two attached hydrogens (primary N) is 1. The maximum Gasteiger partial charge on any atom is 0.240 e. The minimum atomic E-state index is -3.47. The highest BCUT2D eigenvalue weighted by atomic mass is 32.2. The van der Waals surface area contributed by atoms with E-state index in [0.717, 1.165) is 19.3 Å². The monoisotopic (exact) mass is 300 g/mol. The Morgan fingerprint density at radius 1 is 1.32 bits per heavy atom. The van der Waals surface area contributed by atoms with Gasteiger partial charge in [-0.25, -0.2) is 13.1 Å². The van der Waals surface area contributed by atoms with Gasteiger partial charge in [-0.2, -0.15) is 11.8 Å². The van der Waals surface area contributed by atoms with Crippen molar-refractivity contribution in [3.63, 3.8) is 0 Å². The molecule has 1 fully saturated rings. The van der Waals surface area contributed by atoms with Crippen LogP contribution in [0.1, 0.15) is 25.7 Å². The Morgan fingerprint density at radius 3 is 2.74 bits per heavy atom. The minimum Gasteiger partial charge on any atom is -0.399 e. The Labute approximate surface area is 119 Å². The molecular formula is C13H20N2O2S2. The summed E-state index contributed by atoms with van der Waals surface area (Å²) in [6.45, 7) is 0. The highest BCUT2D eigenvalue weighted by Crippen LogP contribution is 2.28. The zero-order chi connectivity index (χ0) is 13.9. The lowest BCUT2D eigenvalue weighted by Crippen LogP contribution is -2.43. The fourth-order valence-corrected chi connectivity index (χ4v) is 4.85. The van der Waals surface area contributed by atoms with Crippen molar-refractivity contribution in [2.24, 2.45) is 0 Å². The summed E-state index contributed by atoms with van der Waals surface area (Å²) in [5.41, 5.74) is 6.11. The van der Waals surface area contributed by atoms with Gasteiger partial charge in [-0.15, -0.1) is 0 Å². The van der Waals surface area contributed by atoms with E-state index in [-0.39, 0.29) is 10.9 Å². The van der Waals surface area contributed by atoms with Gasteiger partial charge in [0.25, 0.3) is 0 Å². The zero-order valence-electron chi connectivity index (χ0n) is 11.0. The summed E-state index contributed by atoms with van der Waals surface area (Å²) in [4.78, 5) is 0.248. The topological polar surface area (TPSA) is 72.2 Å². The van der Waals surface area contributed by atoms with Crippen LogP contribution in [0, 0.1) is 0 Å². The molecule has 0 aliphatic heterocycles. The molecule has 4 nitrogen and oxygen atoms in total. The Balaban J connectivity index is 2.16. The summed E-state index contributed by atoms with van der Waals surface area (Å²) >= 11 is 1.74. The number of thioether (sulfide) groups is 1. The van der Waals surface area contributed by atoms with Crippen LogP contribution in [0.2, 0.25) is 0 Å². The first-order valence-corrected chi connectivity index (χ1v) is 9.21. The first-order valence-electron chi connectivity index (χ1n) is 6.43. The van der Waals surface area contributed by atoms with Crippen LogP contribution < -0.4 is 10.5 Å². The molecule has 106 valence electrons. The molecule has 0 saturated heterocycles. The van der Waals surface area contributed by atoms with Crippen molar-refractivity contribution in [1.29, 1.82) is 0 Å². The molecule has 1 aromatic rings. The highest BCUT2D eigenvalue weighted by Gasteiger charge is 2.28. The lowest BCUT2D eigenvalue weighted by atomic mass is 9.96. The number of hydrogen-bond acceptors (Lipinski definition) is 4. The third kappa shape index (κ3) is 3.64. The van der Waals surface area contributed by atoms with E-state index in [1.165, 1.54) is 12.5 Å². The van der Waals surface area contributed by atoms with E-state index in [2.05, 4.69) is 4.72 Å². The summed E-state index contributed by atoms with van der Waals surface area (Å²) < 4.78 is 27.5. The molecule has 6 heteroatoms. The van der Waals surface area contributed by atoms with Crippen molar-refractivity contribution < 1.29 is 8.42 Å². The van der Waals surface area contributed by atoms with Gasteiger partial charge < -0.3 is 5.73 Å². The van der Waals surface area contributed by atoms with Crippen LogP contribution in [-0.2, 0) is 10.0 Å². The normalized spacial score (nSPS) is 24.3. The molecule has 0 aromatic heterocycles. The molecule has 2 atom stereocenters. The van der Waals surface area contributed by atoms with Crippen molar-refractivity contribution in [1.82, 2.24) is 4.72 Å². The molecule has 1 aliphatic rings. The van der Waals surface area contributed by atoms with E-state index < -0.39 is 10.0 Å². The number of sulfonamides is 1. The molecule has 1 aliphatic carbocycles. The smallest absolute Gasteiger partial charge is 0.240 e. The third-order valence-electron chi connectivity index (χ3n) is 3.48. The number of benzene rings is 1. The first-order chi connectivity index (χ1) is 9.03. The standard InChI is InChI=1S/C13H20N2O2S2/c1-18-13-8-3-2-7-12(13)15-19(16,17)11-6-4-5-10(14)9-11/h4-6,9,12-13,15H,2-3,7-8,14H2,1H3. The van der Waals surface area contributed by atoms with Gasteiger partial charge in [0.1, 0.15) is 0 Å². The second kappa shape index (κ2) is 6.15. The Bertz CT molecular complexity index is 531. The maximum absolute atomic E-state index is 12.3. The van der Waals surface area contributed by atoms with E-state index in [4.69, 9.17) is 5.73 Å². The molecule has 2 rings (SSSR count). The highest BCUT2D eigenvalue weighted by molar-refractivity contribution is 7.99. The number of hydrogen-bond donors (Lipinski definition) is 2. The largest absolute Gasteiger partial charge is 0.399 e. The number of anilines is 1. The Hall–Kier alpha value is -0.720. The molecule has 0 radical (unpaired) electrons. The minimum absolute atomic E-state index is 0.0233. The Kier molecular flexibility index (Phi) is 4.76. The quantitative estimate of drug-likeness (QED) is 0.836. The molecule has 2 unspecified atom stereocenters. The molecule has 1 saturated carbocycles. The first kappa shape index (κ1) is 14.7. The van der Waals surface area contributed by atoms with E-state index in [1.807, 2.05) is 6.26 Å². The van der Waals surface area contributed by atoms with E-state index in [9.17, 15) is 8.42 Å². The van der Waals surface area contributed by atoms with Crippen molar-refractivity contribution in [2.45, 2.75) is 41.9 Å². The van der Waals surface area contributed by atoms with Crippen LogP contribution in [0.5, 0.6) is 0 Å². The van der Waals surface area contributed by atoms with Crippen LogP contribution in [0.4, 0.5) is 5.69 Å². The number of nitrogens with one attached hydrogen (secondary N) is 1. The van der Waals surface area contributed by atoms with Gasteiger partial charge in [-0.3, -0.25) is 0 Å². The van der Waals surface area contributed by atoms with Crippen molar-refractivity contribution in [2.75, 3.05) is 12.0 Å². The van der Waals surface area contributed by atoms with Gasteiger partial charge in [-0.05, 0) is 37.3 Å². The van der Waals surface area contributed by atoms with E-state index in [0.29, 0.717) is 10.9 Å². The summed E-state index contributed by atoms with van der Waals surface area (Å²) in [6.07, 6.45) is 6.29. The molecule has 0 amide bonds. The van der Waals surface area contributed by atoms with Gasteiger partial charge in [0.15, 0.2) is 0 Å². The van der Waals surface area contributed by atoms with Crippen LogP contribution in [0.3, 0.4) is 0 Å². The van der Waals surface area contributed by atoms with Crippen molar-refractivity contribution in [3.05, 3.63) is 24.3 Å². The lowest BCUT2D eigenvalue weighted by molar-refractivity contribution is 0.423. The summed E-state index contributed by atoms with van der Waals surface area (Å²) in [7, 11) is -3.47. The second-order valence-electron chi connectivity index (χ2n) is 4.86. The Morgan fingerprint density at radius 2 is 2.05 bits per heavy atom. The van der Waals surface area contributed by atoms with Gasteiger partial charge in [0, 0.05) is 17.0 Å². The van der Waals surface area contributed by atoms with Crippen LogP contribution in [0.15, 0.2) is 29.2 Å². The number of rotatable bonds is 4. The van der Waals surface area contributed by atoms with Crippen LogP contribution in [-0.4, -0.2) is 26.0 Å². The zero-order valence-corrected chi connectivity index (χ0v) is 12.6. The molecule has 19 heavy (non-hydrogen) atoms. The van der Waals surface area contributed by atoms with Crippen molar-refractivity contribution in [3.8, 4) is 0 Å². The maximum atomic E-state index is 12.3. The van der Waals surface area contributed by atoms with Gasteiger partial charge in [0.2, 0.25) is 10.0 Å². The van der Waals surface area contributed by atoms with E-state index >= 15 is 0 Å². The lowest BCUT2D eigenvalue weighted by Gasteiger charge is -2.30. The molecule has 3 N–H and O–H groups in total. The molecule has 1 aromatic carbocycles. The van der Waals surface area contributed by atoms with Gasteiger partial charge in [-0.1, -0.05) is 18.9 Å². The number of nitrogen functional groups attached to an aromatic ring is 1.